The summed E-state index contributed by atoms with van der Waals surface area (Å²) in [5.74, 6) is 0.294. The second-order valence-electron chi connectivity index (χ2n) is 4.29. The predicted octanol–water partition coefficient (Wildman–Crippen LogP) is 2.06. The van der Waals surface area contributed by atoms with Crippen molar-refractivity contribution in [3.05, 3.63) is 23.0 Å². The van der Waals surface area contributed by atoms with Gasteiger partial charge in [0.1, 0.15) is 5.82 Å². The lowest BCUT2D eigenvalue weighted by Crippen LogP contribution is -2.27. The van der Waals surface area contributed by atoms with Gasteiger partial charge in [0.15, 0.2) is 0 Å². The molecule has 0 atom stereocenters. The number of sulfonamides is 1. The van der Waals surface area contributed by atoms with Crippen molar-refractivity contribution in [1.29, 1.82) is 0 Å². The normalized spacial score (nSPS) is 11.8. The van der Waals surface area contributed by atoms with E-state index in [2.05, 4.69) is 4.72 Å². The van der Waals surface area contributed by atoms with Gasteiger partial charge in [-0.1, -0.05) is 0 Å². The van der Waals surface area contributed by atoms with E-state index in [0.717, 1.165) is 18.2 Å². The highest BCUT2D eigenvalue weighted by atomic mass is 32.2. The summed E-state index contributed by atoms with van der Waals surface area (Å²) in [7, 11) is -3.65. The fraction of sp³-hybridized carbons (Fsp3) is 0.500. The molecule has 0 aliphatic heterocycles. The summed E-state index contributed by atoms with van der Waals surface area (Å²) < 4.78 is 40.3. The van der Waals surface area contributed by atoms with Crippen LogP contribution in [0.5, 0.6) is 0 Å². The minimum Gasteiger partial charge on any atom is -0.396 e. The number of nitrogens with one attached hydrogen (secondary N) is 1. The molecule has 3 N–H and O–H groups in total. The van der Waals surface area contributed by atoms with E-state index in [1.807, 2.05) is 6.26 Å². The Morgan fingerprint density at radius 1 is 1.42 bits per heavy atom. The van der Waals surface area contributed by atoms with Crippen LogP contribution in [-0.4, -0.2) is 27.0 Å². The predicted molar refractivity (Wildman–Crippen MR) is 78.5 cm³/mol. The van der Waals surface area contributed by atoms with Crippen LogP contribution >= 0.6 is 11.8 Å². The first-order chi connectivity index (χ1) is 8.81. The van der Waals surface area contributed by atoms with E-state index in [0.29, 0.717) is 12.1 Å². The van der Waals surface area contributed by atoms with Gasteiger partial charge in [-0.05, 0) is 49.5 Å². The first-order valence-corrected chi connectivity index (χ1v) is 8.72. The van der Waals surface area contributed by atoms with Crippen LogP contribution in [0.25, 0.3) is 0 Å². The van der Waals surface area contributed by atoms with Crippen LogP contribution in [0.15, 0.2) is 11.0 Å². The highest BCUT2D eigenvalue weighted by Gasteiger charge is 2.22. The number of benzene rings is 1. The topological polar surface area (TPSA) is 72.2 Å². The molecule has 0 amide bonds. The molecule has 0 saturated carbocycles. The van der Waals surface area contributed by atoms with Crippen molar-refractivity contribution in [1.82, 2.24) is 4.72 Å². The monoisotopic (exact) mass is 306 g/mol. The molecule has 0 aliphatic carbocycles. The fourth-order valence-electron chi connectivity index (χ4n) is 1.84. The summed E-state index contributed by atoms with van der Waals surface area (Å²) >= 11 is 1.65. The summed E-state index contributed by atoms with van der Waals surface area (Å²) in [6.45, 7) is 3.44. The number of thioether (sulfide) groups is 1. The standard InChI is InChI=1S/C12H19FN2O2S2/c1-8-7-10(13)11(14)9(2)12(8)19(16,17)15-5-4-6-18-3/h7,15H,4-6,14H2,1-3H3. The molecule has 1 rings (SSSR count). The molecule has 0 bridgehead atoms. The van der Waals surface area contributed by atoms with Gasteiger partial charge < -0.3 is 5.73 Å². The highest BCUT2D eigenvalue weighted by molar-refractivity contribution is 7.98. The quantitative estimate of drug-likeness (QED) is 0.623. The number of anilines is 1. The molecule has 0 spiro atoms. The zero-order valence-corrected chi connectivity index (χ0v) is 12.9. The molecule has 0 saturated heterocycles. The van der Waals surface area contributed by atoms with Crippen molar-refractivity contribution < 1.29 is 12.8 Å². The molecule has 19 heavy (non-hydrogen) atoms. The van der Waals surface area contributed by atoms with E-state index >= 15 is 0 Å². The molecule has 0 aromatic heterocycles. The third-order valence-corrected chi connectivity index (χ3v) is 5.24. The van der Waals surface area contributed by atoms with Gasteiger partial charge >= 0.3 is 0 Å². The first-order valence-electron chi connectivity index (χ1n) is 5.85. The van der Waals surface area contributed by atoms with E-state index in [9.17, 15) is 12.8 Å². The van der Waals surface area contributed by atoms with Crippen molar-refractivity contribution in [2.45, 2.75) is 25.2 Å². The molecule has 108 valence electrons. The lowest BCUT2D eigenvalue weighted by atomic mass is 10.1. The highest BCUT2D eigenvalue weighted by Crippen LogP contribution is 2.27. The minimum absolute atomic E-state index is 0.0792. The van der Waals surface area contributed by atoms with E-state index < -0.39 is 15.8 Å². The number of aryl methyl sites for hydroxylation is 1. The third kappa shape index (κ3) is 3.84. The molecular weight excluding hydrogens is 287 g/mol. The van der Waals surface area contributed by atoms with Crippen molar-refractivity contribution >= 4 is 27.5 Å². The van der Waals surface area contributed by atoms with E-state index in [1.165, 1.54) is 6.92 Å². The van der Waals surface area contributed by atoms with Crippen LogP contribution < -0.4 is 10.5 Å². The maximum Gasteiger partial charge on any atom is 0.241 e. The lowest BCUT2D eigenvalue weighted by molar-refractivity contribution is 0.578. The van der Waals surface area contributed by atoms with Gasteiger partial charge in [-0.2, -0.15) is 11.8 Å². The molecular formula is C12H19FN2O2S2. The minimum atomic E-state index is -3.65. The lowest BCUT2D eigenvalue weighted by Gasteiger charge is -2.14. The van der Waals surface area contributed by atoms with Crippen LogP contribution in [0.4, 0.5) is 10.1 Å². The molecule has 0 radical (unpaired) electrons. The number of nitrogen functional groups attached to an aromatic ring is 1. The number of nitrogens with two attached hydrogens (primary N) is 1. The Balaban J connectivity index is 3.05. The Morgan fingerprint density at radius 2 is 2.05 bits per heavy atom. The number of rotatable bonds is 6. The number of hydrogen-bond donors (Lipinski definition) is 2. The Morgan fingerprint density at radius 3 is 2.63 bits per heavy atom. The number of hydrogen-bond acceptors (Lipinski definition) is 4. The Kier molecular flexibility index (Phi) is 5.64. The molecule has 4 nitrogen and oxygen atoms in total. The molecule has 0 fully saturated rings. The van der Waals surface area contributed by atoms with Crippen molar-refractivity contribution in [2.24, 2.45) is 0 Å². The van der Waals surface area contributed by atoms with Crippen LogP contribution in [0.3, 0.4) is 0 Å². The molecule has 7 heteroatoms. The maximum absolute atomic E-state index is 13.4. The smallest absolute Gasteiger partial charge is 0.241 e. The fourth-order valence-corrected chi connectivity index (χ4v) is 3.83. The van der Waals surface area contributed by atoms with Crippen molar-refractivity contribution in [3.8, 4) is 0 Å². The zero-order valence-electron chi connectivity index (χ0n) is 11.3. The molecule has 1 aromatic rings. The molecule has 1 aromatic carbocycles. The van der Waals surface area contributed by atoms with Crippen LogP contribution in [0, 0.1) is 19.7 Å². The van der Waals surface area contributed by atoms with Gasteiger partial charge in [0.25, 0.3) is 0 Å². The molecule has 0 heterocycles. The van der Waals surface area contributed by atoms with Gasteiger partial charge in [-0.15, -0.1) is 0 Å². The summed E-state index contributed by atoms with van der Waals surface area (Å²) in [6, 6.07) is 1.15. The summed E-state index contributed by atoms with van der Waals surface area (Å²) in [4.78, 5) is 0.0792. The zero-order chi connectivity index (χ0) is 14.6. The Labute approximate surface area is 118 Å². The van der Waals surface area contributed by atoms with Gasteiger partial charge in [0.05, 0.1) is 10.6 Å². The molecule has 0 unspecified atom stereocenters. The second-order valence-corrected chi connectivity index (χ2v) is 6.98. The van der Waals surface area contributed by atoms with Crippen molar-refractivity contribution in [3.63, 3.8) is 0 Å². The maximum atomic E-state index is 13.4. The van der Waals surface area contributed by atoms with Gasteiger partial charge in [-0.3, -0.25) is 0 Å². The SMILES string of the molecule is CSCCCNS(=O)(=O)c1c(C)cc(F)c(N)c1C. The van der Waals surface area contributed by atoms with Crippen molar-refractivity contribution in [2.75, 3.05) is 24.3 Å². The largest absolute Gasteiger partial charge is 0.396 e. The Hall–Kier alpha value is -0.790. The van der Waals surface area contributed by atoms with Crippen LogP contribution in [0.2, 0.25) is 0 Å². The summed E-state index contributed by atoms with van der Waals surface area (Å²) in [5, 5.41) is 0. The van der Waals surface area contributed by atoms with Crippen LogP contribution in [0.1, 0.15) is 17.5 Å². The first kappa shape index (κ1) is 16.3. The average molecular weight is 306 g/mol. The average Bonchev–Trinajstić information content (AvgIpc) is 2.31. The van der Waals surface area contributed by atoms with E-state index in [1.54, 1.807) is 18.7 Å². The second kappa shape index (κ2) is 6.58. The third-order valence-electron chi connectivity index (χ3n) is 2.79. The van der Waals surface area contributed by atoms with Crippen LogP contribution in [-0.2, 0) is 10.0 Å². The van der Waals surface area contributed by atoms with Gasteiger partial charge in [0.2, 0.25) is 10.0 Å². The number of halogens is 1. The van der Waals surface area contributed by atoms with E-state index in [4.69, 9.17) is 5.73 Å². The molecule has 0 aliphatic rings. The van der Waals surface area contributed by atoms with E-state index in [-0.39, 0.29) is 16.1 Å². The van der Waals surface area contributed by atoms with Gasteiger partial charge in [-0.25, -0.2) is 17.5 Å². The summed E-state index contributed by atoms with van der Waals surface area (Å²) in [6.07, 6.45) is 2.71. The van der Waals surface area contributed by atoms with Gasteiger partial charge in [0, 0.05) is 6.54 Å². The Bertz CT molecular complexity index is 559. The summed E-state index contributed by atoms with van der Waals surface area (Å²) in [5.41, 5.74) is 6.06.